The van der Waals surface area contributed by atoms with Gasteiger partial charge in [-0.25, -0.2) is 4.39 Å². The summed E-state index contributed by atoms with van der Waals surface area (Å²) in [4.78, 5) is 2.36. The topological polar surface area (TPSA) is 75.3 Å². The van der Waals surface area contributed by atoms with Crippen LogP contribution in [-0.4, -0.2) is 49.6 Å². The van der Waals surface area contributed by atoms with Gasteiger partial charge in [0.25, 0.3) is 0 Å². The van der Waals surface area contributed by atoms with E-state index in [4.69, 9.17) is 0 Å². The van der Waals surface area contributed by atoms with Crippen molar-refractivity contribution in [3.05, 3.63) is 42.5 Å². The average Bonchev–Trinajstić information content (AvgIpc) is 3.24. The highest BCUT2D eigenvalue weighted by atomic mass is 19.1. The molecule has 0 radical (unpaired) electrons. The van der Waals surface area contributed by atoms with Crippen molar-refractivity contribution < 1.29 is 4.39 Å². The van der Waals surface area contributed by atoms with E-state index in [2.05, 4.69) is 50.7 Å². The fourth-order valence-corrected chi connectivity index (χ4v) is 4.11. The predicted molar refractivity (Wildman–Crippen MR) is 111 cm³/mol. The molecule has 29 heavy (non-hydrogen) atoms. The minimum atomic E-state index is -0.372. The van der Waals surface area contributed by atoms with Crippen molar-refractivity contribution >= 4 is 33.9 Å². The summed E-state index contributed by atoms with van der Waals surface area (Å²) in [6.07, 6.45) is 3.73. The maximum atomic E-state index is 14.4. The van der Waals surface area contributed by atoms with E-state index >= 15 is 0 Å². The third kappa shape index (κ3) is 3.27. The lowest BCUT2D eigenvalue weighted by molar-refractivity contribution is 0.407. The smallest absolute Gasteiger partial charge is 0.233 e. The first kappa shape index (κ1) is 17.9. The van der Waals surface area contributed by atoms with Crippen LogP contribution in [0.3, 0.4) is 0 Å². The van der Waals surface area contributed by atoms with Crippen LogP contribution in [0.25, 0.3) is 16.6 Å². The summed E-state index contributed by atoms with van der Waals surface area (Å²) >= 11 is 0. The molecule has 4 heterocycles. The van der Waals surface area contributed by atoms with Gasteiger partial charge in [0, 0.05) is 67.4 Å². The number of nitrogens with one attached hydrogen (secondary N) is 2. The van der Waals surface area contributed by atoms with Gasteiger partial charge >= 0.3 is 0 Å². The zero-order valence-corrected chi connectivity index (χ0v) is 16.6. The SMILES string of the molecule is C[C@H]1CN(c2ccn3c(Nc4cc(F)c5nn(C)cc5c4)nnc3c2)C[C@H](C)N1. The second kappa shape index (κ2) is 6.70. The van der Waals surface area contributed by atoms with E-state index in [1.54, 1.807) is 17.9 Å². The largest absolute Gasteiger partial charge is 0.368 e. The van der Waals surface area contributed by atoms with E-state index in [-0.39, 0.29) is 5.82 Å². The van der Waals surface area contributed by atoms with Crippen LogP contribution in [0, 0.1) is 5.82 Å². The Morgan fingerprint density at radius 2 is 1.93 bits per heavy atom. The number of nitrogens with zero attached hydrogens (tertiary/aromatic N) is 6. The molecule has 1 aliphatic rings. The van der Waals surface area contributed by atoms with Crippen molar-refractivity contribution in [1.82, 2.24) is 29.7 Å². The standard InChI is InChI=1S/C20H23FN8/c1-12-9-28(10-13(2)22-12)16-4-5-29-18(8-16)24-25-20(29)23-15-6-14-11-27(3)26-19(14)17(21)7-15/h4-8,11-13,22H,9-10H2,1-3H3,(H,23,25)/t12-,13-/m0/s1. The van der Waals surface area contributed by atoms with Crippen molar-refractivity contribution in [3.8, 4) is 0 Å². The molecule has 1 fully saturated rings. The molecule has 0 bridgehead atoms. The van der Waals surface area contributed by atoms with E-state index in [1.165, 1.54) is 6.07 Å². The van der Waals surface area contributed by atoms with E-state index in [9.17, 15) is 4.39 Å². The number of benzene rings is 1. The zero-order chi connectivity index (χ0) is 20.1. The summed E-state index contributed by atoms with van der Waals surface area (Å²) in [5, 5.41) is 20.1. The van der Waals surface area contributed by atoms with Crippen LogP contribution in [0.2, 0.25) is 0 Å². The first-order valence-corrected chi connectivity index (χ1v) is 9.72. The molecular weight excluding hydrogens is 371 g/mol. The van der Waals surface area contributed by atoms with Crippen molar-refractivity contribution in [2.24, 2.45) is 7.05 Å². The Morgan fingerprint density at radius 3 is 2.72 bits per heavy atom. The van der Waals surface area contributed by atoms with Crippen LogP contribution in [0.15, 0.2) is 36.7 Å². The number of rotatable bonds is 3. The molecule has 5 rings (SSSR count). The molecule has 9 heteroatoms. The number of fused-ring (bicyclic) bond motifs is 2. The Bertz CT molecular complexity index is 1190. The number of anilines is 3. The third-order valence-corrected chi connectivity index (χ3v) is 5.25. The van der Waals surface area contributed by atoms with E-state index < -0.39 is 0 Å². The van der Waals surface area contributed by atoms with Crippen molar-refractivity contribution in [2.45, 2.75) is 25.9 Å². The maximum Gasteiger partial charge on any atom is 0.233 e. The monoisotopic (exact) mass is 394 g/mol. The summed E-state index contributed by atoms with van der Waals surface area (Å²) in [5.41, 5.74) is 2.82. The molecule has 4 aromatic rings. The van der Waals surface area contributed by atoms with Crippen molar-refractivity contribution in [3.63, 3.8) is 0 Å². The second-order valence-electron chi connectivity index (χ2n) is 7.83. The number of aromatic nitrogens is 5. The molecule has 8 nitrogen and oxygen atoms in total. The summed E-state index contributed by atoms with van der Waals surface area (Å²) in [7, 11) is 1.77. The molecule has 1 saturated heterocycles. The van der Waals surface area contributed by atoms with E-state index in [1.807, 2.05) is 22.7 Å². The predicted octanol–water partition coefficient (Wildman–Crippen LogP) is 2.69. The first-order chi connectivity index (χ1) is 14.0. The van der Waals surface area contributed by atoms with Gasteiger partial charge in [-0.3, -0.25) is 9.08 Å². The Morgan fingerprint density at radius 1 is 1.14 bits per heavy atom. The van der Waals surface area contributed by atoms with Crippen LogP contribution in [0.5, 0.6) is 0 Å². The molecule has 0 aliphatic carbocycles. The van der Waals surface area contributed by atoms with Gasteiger partial charge in [0.15, 0.2) is 11.5 Å². The molecule has 2 N–H and O–H groups in total. The molecule has 3 aromatic heterocycles. The molecule has 0 saturated carbocycles. The summed E-state index contributed by atoms with van der Waals surface area (Å²) in [6.45, 7) is 6.28. The molecule has 1 aromatic carbocycles. The van der Waals surface area contributed by atoms with Crippen molar-refractivity contribution in [2.75, 3.05) is 23.3 Å². The summed E-state index contributed by atoms with van der Waals surface area (Å²) < 4.78 is 17.8. The highest BCUT2D eigenvalue weighted by Crippen LogP contribution is 2.25. The van der Waals surface area contributed by atoms with Crippen LogP contribution in [-0.2, 0) is 7.05 Å². The molecule has 0 unspecified atom stereocenters. The van der Waals surface area contributed by atoms with Gasteiger partial charge < -0.3 is 15.5 Å². The summed E-state index contributed by atoms with van der Waals surface area (Å²) in [5.74, 6) is 0.167. The second-order valence-corrected chi connectivity index (χ2v) is 7.83. The highest BCUT2D eigenvalue weighted by Gasteiger charge is 2.21. The highest BCUT2D eigenvalue weighted by molar-refractivity contribution is 5.83. The Labute approximate surface area is 167 Å². The quantitative estimate of drug-likeness (QED) is 0.557. The molecule has 0 spiro atoms. The van der Waals surface area contributed by atoms with Gasteiger partial charge in [0.1, 0.15) is 5.52 Å². The van der Waals surface area contributed by atoms with E-state index in [0.29, 0.717) is 29.2 Å². The molecule has 150 valence electrons. The minimum Gasteiger partial charge on any atom is -0.368 e. The lowest BCUT2D eigenvalue weighted by Crippen LogP contribution is -2.54. The van der Waals surface area contributed by atoms with Crippen LogP contribution in [0.4, 0.5) is 21.7 Å². The van der Waals surface area contributed by atoms with Gasteiger partial charge in [0.05, 0.1) is 0 Å². The van der Waals surface area contributed by atoms with Gasteiger partial charge in [-0.05, 0) is 32.0 Å². The van der Waals surface area contributed by atoms with Gasteiger partial charge in [-0.1, -0.05) is 0 Å². The van der Waals surface area contributed by atoms with Gasteiger partial charge in [-0.15, -0.1) is 10.2 Å². The minimum absolute atomic E-state index is 0.355. The molecule has 1 aliphatic heterocycles. The third-order valence-electron chi connectivity index (χ3n) is 5.25. The molecular formula is C20H23FN8. The zero-order valence-electron chi connectivity index (χ0n) is 16.6. The average molecular weight is 394 g/mol. The Balaban J connectivity index is 1.44. The Kier molecular flexibility index (Phi) is 4.13. The number of pyridine rings is 1. The van der Waals surface area contributed by atoms with Crippen LogP contribution < -0.4 is 15.5 Å². The lowest BCUT2D eigenvalue weighted by atomic mass is 10.1. The lowest BCUT2D eigenvalue weighted by Gasteiger charge is -2.37. The number of hydrogen-bond donors (Lipinski definition) is 2. The molecule has 0 amide bonds. The van der Waals surface area contributed by atoms with Gasteiger partial charge in [-0.2, -0.15) is 5.10 Å². The number of aryl methyl sites for hydroxylation is 1. The number of halogens is 1. The molecule has 2 atom stereocenters. The number of piperazine rings is 1. The fourth-order valence-electron chi connectivity index (χ4n) is 4.11. The normalized spacial score (nSPS) is 19.9. The van der Waals surface area contributed by atoms with Crippen LogP contribution in [0.1, 0.15) is 13.8 Å². The maximum absolute atomic E-state index is 14.4. The number of hydrogen-bond acceptors (Lipinski definition) is 6. The first-order valence-electron chi connectivity index (χ1n) is 9.72. The van der Waals surface area contributed by atoms with Crippen molar-refractivity contribution in [1.29, 1.82) is 0 Å². The van der Waals surface area contributed by atoms with Gasteiger partial charge in [0.2, 0.25) is 5.95 Å². The fraction of sp³-hybridized carbons (Fsp3) is 0.350. The summed E-state index contributed by atoms with van der Waals surface area (Å²) in [6, 6.07) is 8.24. The van der Waals surface area contributed by atoms with Crippen LogP contribution >= 0.6 is 0 Å². The van der Waals surface area contributed by atoms with E-state index in [0.717, 1.165) is 29.8 Å². The Hall–Kier alpha value is -3.20.